The van der Waals surface area contributed by atoms with E-state index >= 15 is 0 Å². The molecule has 0 bridgehead atoms. The van der Waals surface area contributed by atoms with Gasteiger partial charge in [-0.25, -0.2) is 4.98 Å². The Morgan fingerprint density at radius 1 is 1.17 bits per heavy atom. The summed E-state index contributed by atoms with van der Waals surface area (Å²) in [5.74, 6) is -0.0318. The molecule has 0 aliphatic heterocycles. The van der Waals surface area contributed by atoms with Gasteiger partial charge in [-0.1, -0.05) is 41.9 Å². The van der Waals surface area contributed by atoms with Crippen molar-refractivity contribution in [2.24, 2.45) is 0 Å². The Morgan fingerprint density at radius 2 is 1.87 bits per heavy atom. The second kappa shape index (κ2) is 8.65. The molecule has 0 saturated carbocycles. The maximum absolute atomic E-state index is 12.0. The van der Waals surface area contributed by atoms with Crippen molar-refractivity contribution < 1.29 is 9.53 Å². The van der Waals surface area contributed by atoms with E-state index in [2.05, 4.69) is 10.3 Å². The predicted octanol–water partition coefficient (Wildman–Crippen LogP) is 3.44. The number of nitrogens with one attached hydrogen (secondary N) is 1. The third-order valence-electron chi connectivity index (χ3n) is 3.50. The van der Waals surface area contributed by atoms with Crippen LogP contribution in [0.5, 0.6) is 0 Å². The number of hydrogen-bond donors (Lipinski definition) is 1. The highest BCUT2D eigenvalue weighted by Crippen LogP contribution is 2.11. The van der Waals surface area contributed by atoms with Crippen LogP contribution in [-0.2, 0) is 29.1 Å². The molecule has 0 spiro atoms. The van der Waals surface area contributed by atoms with E-state index in [1.807, 2.05) is 44.2 Å². The summed E-state index contributed by atoms with van der Waals surface area (Å²) >= 11 is 5.82. The molecule has 23 heavy (non-hydrogen) atoms. The number of benzene rings is 1. The highest BCUT2D eigenvalue weighted by atomic mass is 35.5. The molecule has 1 heterocycles. The minimum Gasteiger partial charge on any atom is -0.377 e. The van der Waals surface area contributed by atoms with Gasteiger partial charge in [0.05, 0.1) is 13.0 Å². The van der Waals surface area contributed by atoms with Crippen LogP contribution < -0.4 is 5.32 Å². The topological polar surface area (TPSA) is 51.2 Å². The molecule has 1 amide bonds. The summed E-state index contributed by atoms with van der Waals surface area (Å²) in [6.45, 7) is 5.66. The lowest BCUT2D eigenvalue weighted by molar-refractivity contribution is -0.120. The second-order valence-electron chi connectivity index (χ2n) is 5.29. The Kier molecular flexibility index (Phi) is 6.56. The lowest BCUT2D eigenvalue weighted by atomic mass is 10.1. The predicted molar refractivity (Wildman–Crippen MR) is 91.3 cm³/mol. The Labute approximate surface area is 141 Å². The lowest BCUT2D eigenvalue weighted by Crippen LogP contribution is -2.25. The summed E-state index contributed by atoms with van der Waals surface area (Å²) in [6, 6.07) is 11.6. The molecular formula is C18H21ClN2O2. The quantitative estimate of drug-likeness (QED) is 0.790. The molecule has 0 fully saturated rings. The minimum absolute atomic E-state index is 0.0318. The Morgan fingerprint density at radius 3 is 2.52 bits per heavy atom. The fraction of sp³-hybridized carbons (Fsp3) is 0.333. The SMILES string of the molecule is CCOCc1ccc(CNC(=O)Cc2ccc(Cl)nc2C)cc1. The number of rotatable bonds is 7. The molecule has 0 saturated heterocycles. The van der Waals surface area contributed by atoms with Crippen LogP contribution in [0.15, 0.2) is 36.4 Å². The first-order valence-electron chi connectivity index (χ1n) is 7.62. The fourth-order valence-corrected chi connectivity index (χ4v) is 2.35. The third-order valence-corrected chi connectivity index (χ3v) is 3.71. The van der Waals surface area contributed by atoms with Gasteiger partial charge in [-0.05, 0) is 36.6 Å². The number of carbonyl (C=O) groups is 1. The number of hydrogen-bond acceptors (Lipinski definition) is 3. The van der Waals surface area contributed by atoms with Gasteiger partial charge in [-0.2, -0.15) is 0 Å². The van der Waals surface area contributed by atoms with Crippen LogP contribution in [0.25, 0.3) is 0 Å². The standard InChI is InChI=1S/C18H21ClN2O2/c1-3-23-12-15-6-4-14(5-7-15)11-20-18(22)10-16-8-9-17(19)21-13(16)2/h4-9H,3,10-12H2,1-2H3,(H,20,22). The van der Waals surface area contributed by atoms with Crippen LogP contribution in [0.2, 0.25) is 5.15 Å². The molecule has 0 aliphatic carbocycles. The number of ether oxygens (including phenoxy) is 1. The highest BCUT2D eigenvalue weighted by Gasteiger charge is 2.07. The summed E-state index contributed by atoms with van der Waals surface area (Å²) in [5.41, 5.74) is 3.86. The van der Waals surface area contributed by atoms with E-state index in [-0.39, 0.29) is 5.91 Å². The first-order chi connectivity index (χ1) is 11.1. The monoisotopic (exact) mass is 332 g/mol. The minimum atomic E-state index is -0.0318. The molecule has 2 aromatic rings. The van der Waals surface area contributed by atoms with E-state index in [1.165, 1.54) is 0 Å². The maximum atomic E-state index is 12.0. The molecule has 122 valence electrons. The number of carbonyl (C=O) groups excluding carboxylic acids is 1. The molecule has 0 aliphatic rings. The molecule has 4 nitrogen and oxygen atoms in total. The van der Waals surface area contributed by atoms with Crippen molar-refractivity contribution in [1.82, 2.24) is 10.3 Å². The van der Waals surface area contributed by atoms with Gasteiger partial charge in [-0.3, -0.25) is 4.79 Å². The molecule has 1 N–H and O–H groups in total. The normalized spacial score (nSPS) is 10.6. The van der Waals surface area contributed by atoms with Crippen molar-refractivity contribution in [3.63, 3.8) is 0 Å². The number of aryl methyl sites for hydroxylation is 1. The third kappa shape index (κ3) is 5.66. The zero-order chi connectivity index (χ0) is 16.7. The summed E-state index contributed by atoms with van der Waals surface area (Å²) < 4.78 is 5.36. The van der Waals surface area contributed by atoms with Gasteiger partial charge < -0.3 is 10.1 Å². The molecule has 2 rings (SSSR count). The average molecular weight is 333 g/mol. The molecule has 5 heteroatoms. The zero-order valence-electron chi connectivity index (χ0n) is 13.4. The van der Waals surface area contributed by atoms with E-state index in [1.54, 1.807) is 6.07 Å². The summed E-state index contributed by atoms with van der Waals surface area (Å²) in [7, 11) is 0. The lowest BCUT2D eigenvalue weighted by Gasteiger charge is -2.08. The molecule has 1 aromatic heterocycles. The maximum Gasteiger partial charge on any atom is 0.224 e. The average Bonchev–Trinajstić information content (AvgIpc) is 2.54. The van der Waals surface area contributed by atoms with E-state index in [0.717, 1.165) is 22.4 Å². The summed E-state index contributed by atoms with van der Waals surface area (Å²) in [6.07, 6.45) is 0.304. The van der Waals surface area contributed by atoms with Crippen molar-refractivity contribution in [3.8, 4) is 0 Å². The largest absolute Gasteiger partial charge is 0.377 e. The fourth-order valence-electron chi connectivity index (χ4n) is 2.16. The molecule has 0 atom stereocenters. The van der Waals surface area contributed by atoms with Crippen molar-refractivity contribution >= 4 is 17.5 Å². The second-order valence-corrected chi connectivity index (χ2v) is 5.67. The van der Waals surface area contributed by atoms with Gasteiger partial charge in [-0.15, -0.1) is 0 Å². The van der Waals surface area contributed by atoms with Crippen LogP contribution in [0.1, 0.15) is 29.3 Å². The van der Waals surface area contributed by atoms with E-state index in [4.69, 9.17) is 16.3 Å². The Hall–Kier alpha value is -1.91. The van der Waals surface area contributed by atoms with Crippen molar-refractivity contribution in [2.75, 3.05) is 6.61 Å². The van der Waals surface area contributed by atoms with Crippen LogP contribution >= 0.6 is 11.6 Å². The van der Waals surface area contributed by atoms with Gasteiger partial charge >= 0.3 is 0 Å². The van der Waals surface area contributed by atoms with Gasteiger partial charge in [0.25, 0.3) is 0 Å². The first kappa shape index (κ1) is 17.4. The van der Waals surface area contributed by atoms with Gasteiger partial charge in [0.15, 0.2) is 0 Å². The smallest absolute Gasteiger partial charge is 0.224 e. The number of aromatic nitrogens is 1. The number of pyridine rings is 1. The van der Waals surface area contributed by atoms with Gasteiger partial charge in [0, 0.05) is 18.8 Å². The molecular weight excluding hydrogens is 312 g/mol. The van der Waals surface area contributed by atoms with E-state index in [9.17, 15) is 4.79 Å². The van der Waals surface area contributed by atoms with Crippen LogP contribution in [0, 0.1) is 6.92 Å². The summed E-state index contributed by atoms with van der Waals surface area (Å²) in [5, 5.41) is 3.36. The Balaban J connectivity index is 1.84. The summed E-state index contributed by atoms with van der Waals surface area (Å²) in [4.78, 5) is 16.2. The van der Waals surface area contributed by atoms with Crippen LogP contribution in [0.4, 0.5) is 0 Å². The molecule has 1 aromatic carbocycles. The zero-order valence-corrected chi connectivity index (χ0v) is 14.2. The molecule has 0 unspecified atom stereocenters. The first-order valence-corrected chi connectivity index (χ1v) is 8.00. The molecule has 0 radical (unpaired) electrons. The van der Waals surface area contributed by atoms with Crippen molar-refractivity contribution in [1.29, 1.82) is 0 Å². The van der Waals surface area contributed by atoms with Crippen LogP contribution in [-0.4, -0.2) is 17.5 Å². The van der Waals surface area contributed by atoms with E-state index in [0.29, 0.717) is 31.3 Å². The van der Waals surface area contributed by atoms with Gasteiger partial charge in [0.1, 0.15) is 5.15 Å². The number of nitrogens with zero attached hydrogens (tertiary/aromatic N) is 1. The Bertz CT molecular complexity index is 657. The number of halogens is 1. The van der Waals surface area contributed by atoms with Crippen LogP contribution in [0.3, 0.4) is 0 Å². The van der Waals surface area contributed by atoms with Gasteiger partial charge in [0.2, 0.25) is 5.91 Å². The van der Waals surface area contributed by atoms with Crippen molar-refractivity contribution in [2.45, 2.75) is 33.4 Å². The van der Waals surface area contributed by atoms with Crippen molar-refractivity contribution in [3.05, 3.63) is 63.9 Å². The number of amides is 1. The highest BCUT2D eigenvalue weighted by molar-refractivity contribution is 6.29. The van der Waals surface area contributed by atoms with E-state index < -0.39 is 0 Å².